The Bertz CT molecular complexity index is 256. The zero-order valence-electron chi connectivity index (χ0n) is 13.4. The van der Waals surface area contributed by atoms with Crippen LogP contribution in [0.4, 0.5) is 0 Å². The lowest BCUT2D eigenvalue weighted by Gasteiger charge is -2.42. The first kappa shape index (κ1) is 16.2. The summed E-state index contributed by atoms with van der Waals surface area (Å²) in [7, 11) is 0. The predicted molar refractivity (Wildman–Crippen MR) is 77.9 cm³/mol. The van der Waals surface area contributed by atoms with Crippen LogP contribution in [0.2, 0.25) is 0 Å². The molecule has 2 saturated heterocycles. The van der Waals surface area contributed by atoms with Gasteiger partial charge in [-0.05, 0) is 26.7 Å². The lowest BCUT2D eigenvalue weighted by molar-refractivity contribution is -0.189. The second kappa shape index (κ2) is 6.73. The van der Waals surface area contributed by atoms with Crippen LogP contribution < -0.4 is 0 Å². The zero-order chi connectivity index (χ0) is 14.6. The summed E-state index contributed by atoms with van der Waals surface area (Å²) in [6, 6.07) is 0. The Labute approximate surface area is 123 Å². The summed E-state index contributed by atoms with van der Waals surface area (Å²) in [6.45, 7) is 13.5. The summed E-state index contributed by atoms with van der Waals surface area (Å²) >= 11 is 0. The van der Waals surface area contributed by atoms with Crippen molar-refractivity contribution in [2.45, 2.75) is 52.7 Å². The molecule has 0 aromatic rings. The molecule has 0 N–H and O–H groups in total. The minimum atomic E-state index is 0.119. The maximum absolute atomic E-state index is 6.02. The van der Waals surface area contributed by atoms with E-state index >= 15 is 0 Å². The molecule has 0 bridgehead atoms. The quantitative estimate of drug-likeness (QED) is 0.653. The number of hydrogen-bond acceptors (Lipinski definition) is 4. The van der Waals surface area contributed by atoms with E-state index in [0.717, 1.165) is 52.5 Å². The van der Waals surface area contributed by atoms with Gasteiger partial charge in [0.2, 0.25) is 0 Å². The molecule has 2 aliphatic heterocycles. The minimum Gasteiger partial charge on any atom is -0.380 e. The lowest BCUT2D eigenvalue weighted by atomic mass is 9.84. The first-order chi connectivity index (χ1) is 9.55. The van der Waals surface area contributed by atoms with Crippen molar-refractivity contribution in [3.63, 3.8) is 0 Å². The average molecular weight is 286 g/mol. The summed E-state index contributed by atoms with van der Waals surface area (Å²) in [5.74, 6) is 0. The van der Waals surface area contributed by atoms with Gasteiger partial charge in [0.1, 0.15) is 0 Å². The highest BCUT2D eigenvalue weighted by Crippen LogP contribution is 2.33. The Morgan fingerprint density at radius 3 is 1.35 bits per heavy atom. The van der Waals surface area contributed by atoms with Gasteiger partial charge in [-0.1, -0.05) is 13.8 Å². The van der Waals surface area contributed by atoms with Crippen molar-refractivity contribution in [2.24, 2.45) is 10.8 Å². The van der Waals surface area contributed by atoms with Crippen LogP contribution in [0, 0.1) is 10.8 Å². The highest BCUT2D eigenvalue weighted by Gasteiger charge is 2.39. The molecule has 2 fully saturated rings. The third-order valence-corrected chi connectivity index (χ3v) is 5.10. The van der Waals surface area contributed by atoms with Gasteiger partial charge in [-0.15, -0.1) is 0 Å². The number of ether oxygens (including phenoxy) is 4. The van der Waals surface area contributed by atoms with Crippen LogP contribution in [0.1, 0.15) is 40.5 Å². The van der Waals surface area contributed by atoms with E-state index in [1.165, 1.54) is 0 Å². The van der Waals surface area contributed by atoms with Gasteiger partial charge in [0.25, 0.3) is 0 Å². The molecule has 4 heteroatoms. The van der Waals surface area contributed by atoms with E-state index in [2.05, 4.69) is 27.7 Å². The molecule has 0 aromatic carbocycles. The van der Waals surface area contributed by atoms with Crippen molar-refractivity contribution in [3.8, 4) is 0 Å². The molecule has 0 spiro atoms. The Morgan fingerprint density at radius 1 is 0.800 bits per heavy atom. The largest absolute Gasteiger partial charge is 0.380 e. The van der Waals surface area contributed by atoms with E-state index in [1.807, 2.05) is 0 Å². The van der Waals surface area contributed by atoms with Crippen LogP contribution in [-0.2, 0) is 18.9 Å². The zero-order valence-corrected chi connectivity index (χ0v) is 13.4. The Hall–Kier alpha value is -0.160. The first-order valence-electron chi connectivity index (χ1n) is 7.93. The smallest absolute Gasteiger partial charge is 0.0806 e. The van der Waals surface area contributed by atoms with Gasteiger partial charge in [0, 0.05) is 10.8 Å². The first-order valence-corrected chi connectivity index (χ1v) is 7.93. The molecule has 2 atom stereocenters. The van der Waals surface area contributed by atoms with Crippen LogP contribution in [0.3, 0.4) is 0 Å². The molecule has 2 aliphatic rings. The van der Waals surface area contributed by atoms with E-state index in [9.17, 15) is 0 Å². The van der Waals surface area contributed by atoms with Gasteiger partial charge in [0.05, 0.1) is 51.8 Å². The van der Waals surface area contributed by atoms with E-state index in [0.29, 0.717) is 0 Å². The van der Waals surface area contributed by atoms with Crippen molar-refractivity contribution in [2.75, 3.05) is 39.6 Å². The molecular weight excluding hydrogens is 256 g/mol. The maximum atomic E-state index is 6.02. The van der Waals surface area contributed by atoms with Gasteiger partial charge in [-0.25, -0.2) is 0 Å². The Balaban J connectivity index is 1.67. The summed E-state index contributed by atoms with van der Waals surface area (Å²) in [5, 5.41) is 0. The highest BCUT2D eigenvalue weighted by atomic mass is 16.6. The summed E-state index contributed by atoms with van der Waals surface area (Å²) in [5.41, 5.74) is 0.501. The minimum absolute atomic E-state index is 0.119. The van der Waals surface area contributed by atoms with Crippen molar-refractivity contribution in [3.05, 3.63) is 0 Å². The fourth-order valence-corrected chi connectivity index (χ4v) is 2.45. The molecule has 0 aliphatic carbocycles. The van der Waals surface area contributed by atoms with E-state index in [1.54, 1.807) is 0 Å². The standard InChI is InChI=1S/C16H30O4/c1-5-15(7-17-8-15)11-19-13(3)14(4)20-12-16(6-2)9-18-10-16/h13-14H,5-12H2,1-4H3. The lowest BCUT2D eigenvalue weighted by Crippen LogP contribution is -2.48. The molecule has 0 aromatic heterocycles. The molecule has 0 saturated carbocycles. The third-order valence-electron chi connectivity index (χ3n) is 5.10. The second-order valence-electron chi connectivity index (χ2n) is 6.72. The molecule has 2 rings (SSSR count). The molecule has 4 nitrogen and oxygen atoms in total. The fourth-order valence-electron chi connectivity index (χ4n) is 2.45. The van der Waals surface area contributed by atoms with Gasteiger partial charge in [-0.3, -0.25) is 0 Å². The molecule has 0 radical (unpaired) electrons. The van der Waals surface area contributed by atoms with E-state index in [4.69, 9.17) is 18.9 Å². The van der Waals surface area contributed by atoms with Gasteiger partial charge < -0.3 is 18.9 Å². The Morgan fingerprint density at radius 2 is 1.15 bits per heavy atom. The topological polar surface area (TPSA) is 36.9 Å². The molecular formula is C16H30O4. The molecule has 20 heavy (non-hydrogen) atoms. The highest BCUT2D eigenvalue weighted by molar-refractivity contribution is 4.86. The van der Waals surface area contributed by atoms with Crippen LogP contribution in [0.5, 0.6) is 0 Å². The maximum Gasteiger partial charge on any atom is 0.0806 e. The van der Waals surface area contributed by atoms with E-state index < -0.39 is 0 Å². The van der Waals surface area contributed by atoms with Crippen LogP contribution in [0.15, 0.2) is 0 Å². The van der Waals surface area contributed by atoms with Crippen LogP contribution >= 0.6 is 0 Å². The summed E-state index contributed by atoms with van der Waals surface area (Å²) < 4.78 is 22.7. The van der Waals surface area contributed by atoms with Crippen LogP contribution in [0.25, 0.3) is 0 Å². The summed E-state index contributed by atoms with van der Waals surface area (Å²) in [6.07, 6.45) is 2.47. The second-order valence-corrected chi connectivity index (χ2v) is 6.72. The SMILES string of the molecule is CCC1(COC(C)C(C)OCC2(CC)COC2)COC1. The normalized spacial score (nSPS) is 26.4. The number of rotatable bonds is 9. The molecule has 118 valence electrons. The van der Waals surface area contributed by atoms with Gasteiger partial charge >= 0.3 is 0 Å². The van der Waals surface area contributed by atoms with Crippen molar-refractivity contribution < 1.29 is 18.9 Å². The van der Waals surface area contributed by atoms with E-state index in [-0.39, 0.29) is 23.0 Å². The summed E-state index contributed by atoms with van der Waals surface area (Å²) in [4.78, 5) is 0. The predicted octanol–water partition coefficient (Wildman–Crippen LogP) is 2.65. The monoisotopic (exact) mass is 286 g/mol. The van der Waals surface area contributed by atoms with Crippen molar-refractivity contribution in [1.29, 1.82) is 0 Å². The number of hydrogen-bond donors (Lipinski definition) is 0. The van der Waals surface area contributed by atoms with Crippen molar-refractivity contribution >= 4 is 0 Å². The van der Waals surface area contributed by atoms with Gasteiger partial charge in [-0.2, -0.15) is 0 Å². The molecule has 2 unspecified atom stereocenters. The molecule has 0 amide bonds. The average Bonchev–Trinajstić information content (AvgIpc) is 2.36. The third kappa shape index (κ3) is 3.53. The van der Waals surface area contributed by atoms with Gasteiger partial charge in [0.15, 0.2) is 0 Å². The van der Waals surface area contributed by atoms with Crippen LogP contribution in [-0.4, -0.2) is 51.8 Å². The fraction of sp³-hybridized carbons (Fsp3) is 1.00. The Kier molecular flexibility index (Phi) is 5.46. The molecule has 2 heterocycles. The van der Waals surface area contributed by atoms with Crippen molar-refractivity contribution in [1.82, 2.24) is 0 Å².